The number of furan rings is 1. The lowest BCUT2D eigenvalue weighted by Crippen LogP contribution is -2.32. The van der Waals surface area contributed by atoms with Crippen molar-refractivity contribution in [3.63, 3.8) is 0 Å². The topological polar surface area (TPSA) is 54.6 Å². The number of aliphatic hydroxyl groups excluding tert-OH is 1. The van der Waals surface area contributed by atoms with Crippen LogP contribution in [0.3, 0.4) is 0 Å². The first kappa shape index (κ1) is 14.9. The Hall–Kier alpha value is -1.49. The Labute approximate surface area is 123 Å². The lowest BCUT2D eigenvalue weighted by Gasteiger charge is -2.16. The zero-order chi connectivity index (χ0) is 14.4. The molecule has 0 aliphatic rings. The summed E-state index contributed by atoms with van der Waals surface area (Å²) in [7, 11) is 0. The van der Waals surface area contributed by atoms with E-state index in [1.54, 1.807) is 18.4 Å². The largest absolute Gasteiger partial charge is 0.489 e. The van der Waals surface area contributed by atoms with Crippen LogP contribution < -0.4 is 10.1 Å². The van der Waals surface area contributed by atoms with Gasteiger partial charge in [0.15, 0.2) is 0 Å². The minimum absolute atomic E-state index is 0.0416. The maximum atomic E-state index is 9.89. The average Bonchev–Trinajstić information content (AvgIpc) is 2.98. The normalized spacial score (nSPS) is 13.9. The third-order valence-corrected chi connectivity index (χ3v) is 3.21. The van der Waals surface area contributed by atoms with Crippen LogP contribution in [0.4, 0.5) is 0 Å². The first-order valence-electron chi connectivity index (χ1n) is 6.49. The summed E-state index contributed by atoms with van der Waals surface area (Å²) in [6, 6.07) is 11.0. The van der Waals surface area contributed by atoms with Crippen molar-refractivity contribution in [2.45, 2.75) is 19.1 Å². The monoisotopic (exact) mass is 295 g/mol. The highest BCUT2D eigenvalue weighted by atomic mass is 35.5. The molecule has 1 heterocycles. The molecular weight excluding hydrogens is 278 g/mol. The van der Waals surface area contributed by atoms with Crippen molar-refractivity contribution in [2.24, 2.45) is 0 Å². The summed E-state index contributed by atoms with van der Waals surface area (Å²) >= 11 is 5.97. The molecule has 2 rings (SSSR count). The van der Waals surface area contributed by atoms with Gasteiger partial charge in [-0.25, -0.2) is 0 Å². The summed E-state index contributed by atoms with van der Waals surface area (Å²) in [5.41, 5.74) is 0. The van der Waals surface area contributed by atoms with E-state index in [2.05, 4.69) is 5.32 Å². The van der Waals surface area contributed by atoms with Gasteiger partial charge in [-0.05, 0) is 31.2 Å². The summed E-state index contributed by atoms with van der Waals surface area (Å²) in [5, 5.41) is 13.6. The molecule has 2 unspecified atom stereocenters. The molecule has 0 aliphatic carbocycles. The third-order valence-electron chi connectivity index (χ3n) is 2.90. The van der Waals surface area contributed by atoms with E-state index in [-0.39, 0.29) is 12.6 Å². The van der Waals surface area contributed by atoms with Crippen molar-refractivity contribution >= 4 is 11.6 Å². The van der Waals surface area contributed by atoms with Gasteiger partial charge in [0.2, 0.25) is 0 Å². The van der Waals surface area contributed by atoms with Crippen LogP contribution in [0.1, 0.15) is 18.7 Å². The van der Waals surface area contributed by atoms with Crippen LogP contribution in [0.5, 0.6) is 5.75 Å². The van der Waals surface area contributed by atoms with Crippen molar-refractivity contribution in [1.82, 2.24) is 5.32 Å². The van der Waals surface area contributed by atoms with Crippen molar-refractivity contribution in [2.75, 3.05) is 13.2 Å². The molecule has 5 heteroatoms. The fourth-order valence-corrected chi connectivity index (χ4v) is 1.95. The van der Waals surface area contributed by atoms with Crippen molar-refractivity contribution in [3.8, 4) is 5.75 Å². The quantitative estimate of drug-likeness (QED) is 0.824. The summed E-state index contributed by atoms with van der Waals surface area (Å²) in [5.74, 6) is 1.41. The molecule has 2 aromatic rings. The lowest BCUT2D eigenvalue weighted by molar-refractivity contribution is 0.103. The third kappa shape index (κ3) is 4.27. The van der Waals surface area contributed by atoms with Crippen molar-refractivity contribution in [1.29, 1.82) is 0 Å². The second-order valence-corrected chi connectivity index (χ2v) is 4.95. The predicted molar refractivity (Wildman–Crippen MR) is 78.1 cm³/mol. The summed E-state index contributed by atoms with van der Waals surface area (Å²) < 4.78 is 10.8. The minimum Gasteiger partial charge on any atom is -0.489 e. The SMILES string of the molecule is CC(NCC(O)COc1ccccc1Cl)c1ccco1. The second kappa shape index (κ2) is 7.33. The van der Waals surface area contributed by atoms with Gasteiger partial charge < -0.3 is 19.6 Å². The van der Waals surface area contributed by atoms with Crippen LogP contribution in [0.2, 0.25) is 5.02 Å². The first-order valence-corrected chi connectivity index (χ1v) is 6.87. The van der Waals surface area contributed by atoms with Crippen LogP contribution in [0.15, 0.2) is 47.1 Å². The van der Waals surface area contributed by atoms with Gasteiger partial charge in [-0.2, -0.15) is 0 Å². The number of aliphatic hydroxyl groups is 1. The number of ether oxygens (including phenoxy) is 1. The maximum Gasteiger partial charge on any atom is 0.138 e. The zero-order valence-electron chi connectivity index (χ0n) is 11.3. The number of para-hydroxylation sites is 1. The van der Waals surface area contributed by atoms with E-state index in [1.165, 1.54) is 0 Å². The maximum absolute atomic E-state index is 9.89. The fourth-order valence-electron chi connectivity index (χ4n) is 1.76. The van der Waals surface area contributed by atoms with E-state index in [1.807, 2.05) is 31.2 Å². The number of benzene rings is 1. The number of halogens is 1. The van der Waals surface area contributed by atoms with Crippen LogP contribution in [-0.4, -0.2) is 24.4 Å². The molecule has 0 saturated carbocycles. The van der Waals surface area contributed by atoms with Gasteiger partial charge >= 0.3 is 0 Å². The Morgan fingerprint density at radius 1 is 1.30 bits per heavy atom. The minimum atomic E-state index is -0.622. The Bertz CT molecular complexity index is 516. The van der Waals surface area contributed by atoms with E-state index >= 15 is 0 Å². The molecule has 108 valence electrons. The van der Waals surface area contributed by atoms with Crippen LogP contribution in [0.25, 0.3) is 0 Å². The van der Waals surface area contributed by atoms with E-state index in [0.29, 0.717) is 17.3 Å². The zero-order valence-corrected chi connectivity index (χ0v) is 12.0. The van der Waals surface area contributed by atoms with Gasteiger partial charge in [-0.1, -0.05) is 23.7 Å². The van der Waals surface area contributed by atoms with E-state index in [9.17, 15) is 5.11 Å². The Morgan fingerprint density at radius 2 is 2.10 bits per heavy atom. The number of nitrogens with one attached hydrogen (secondary N) is 1. The first-order chi connectivity index (χ1) is 9.66. The molecule has 0 spiro atoms. The van der Waals surface area contributed by atoms with Crippen molar-refractivity contribution in [3.05, 3.63) is 53.4 Å². The molecule has 20 heavy (non-hydrogen) atoms. The van der Waals surface area contributed by atoms with Crippen molar-refractivity contribution < 1.29 is 14.3 Å². The fraction of sp³-hybridized carbons (Fsp3) is 0.333. The number of hydrogen-bond acceptors (Lipinski definition) is 4. The number of hydrogen-bond donors (Lipinski definition) is 2. The molecule has 4 nitrogen and oxygen atoms in total. The smallest absolute Gasteiger partial charge is 0.138 e. The van der Waals surface area contributed by atoms with Gasteiger partial charge in [0.25, 0.3) is 0 Å². The number of rotatable bonds is 7. The molecular formula is C15H18ClNO3. The highest BCUT2D eigenvalue weighted by Gasteiger charge is 2.11. The molecule has 0 amide bonds. The van der Waals surface area contributed by atoms with Gasteiger partial charge in [0.05, 0.1) is 17.3 Å². The standard InChI is InChI=1S/C15H18ClNO3/c1-11(14-7-4-8-19-14)17-9-12(18)10-20-15-6-3-2-5-13(15)16/h2-8,11-12,17-18H,9-10H2,1H3. The summed E-state index contributed by atoms with van der Waals surface area (Å²) in [4.78, 5) is 0. The molecule has 0 fully saturated rings. The molecule has 1 aromatic heterocycles. The predicted octanol–water partition coefficient (Wildman–Crippen LogP) is 3.02. The summed E-state index contributed by atoms with van der Waals surface area (Å²) in [6.07, 6.45) is 1.01. The van der Waals surface area contributed by atoms with Gasteiger partial charge in [0, 0.05) is 6.54 Å². The van der Waals surface area contributed by atoms with Gasteiger partial charge in [-0.3, -0.25) is 0 Å². The Balaban J connectivity index is 1.73. The molecule has 0 saturated heterocycles. The second-order valence-electron chi connectivity index (χ2n) is 4.54. The molecule has 1 aromatic carbocycles. The average molecular weight is 296 g/mol. The van der Waals surface area contributed by atoms with Crippen LogP contribution in [0, 0.1) is 0 Å². The highest BCUT2D eigenvalue weighted by Crippen LogP contribution is 2.23. The highest BCUT2D eigenvalue weighted by molar-refractivity contribution is 6.32. The Kier molecular flexibility index (Phi) is 5.47. The molecule has 0 aliphatic heterocycles. The molecule has 2 N–H and O–H groups in total. The molecule has 0 bridgehead atoms. The van der Waals surface area contributed by atoms with Crippen LogP contribution >= 0.6 is 11.6 Å². The summed E-state index contributed by atoms with van der Waals surface area (Å²) in [6.45, 7) is 2.56. The van der Waals surface area contributed by atoms with Gasteiger partial charge in [-0.15, -0.1) is 0 Å². The molecule has 0 radical (unpaired) electrons. The molecule has 2 atom stereocenters. The lowest BCUT2D eigenvalue weighted by atomic mass is 10.2. The van der Waals surface area contributed by atoms with Gasteiger partial charge in [0.1, 0.15) is 24.2 Å². The van der Waals surface area contributed by atoms with Crippen LogP contribution in [-0.2, 0) is 0 Å². The van der Waals surface area contributed by atoms with E-state index < -0.39 is 6.10 Å². The van der Waals surface area contributed by atoms with E-state index in [0.717, 1.165) is 5.76 Å². The van der Waals surface area contributed by atoms with E-state index in [4.69, 9.17) is 20.8 Å². The Morgan fingerprint density at radius 3 is 2.80 bits per heavy atom.